The summed E-state index contributed by atoms with van der Waals surface area (Å²) in [6.45, 7) is 8.07. The summed E-state index contributed by atoms with van der Waals surface area (Å²) in [7, 11) is 3.85. The van der Waals surface area contributed by atoms with Crippen molar-refractivity contribution in [1.82, 2.24) is 15.2 Å². The quantitative estimate of drug-likeness (QED) is 0.451. The van der Waals surface area contributed by atoms with Gasteiger partial charge in [0.25, 0.3) is 0 Å². The number of halogens is 1. The van der Waals surface area contributed by atoms with E-state index >= 15 is 0 Å². The Morgan fingerprint density at radius 2 is 2.06 bits per heavy atom. The highest BCUT2D eigenvalue weighted by molar-refractivity contribution is 7.80. The number of rotatable bonds is 6. The lowest BCUT2D eigenvalue weighted by atomic mass is 9.86. The summed E-state index contributed by atoms with van der Waals surface area (Å²) in [6, 6.07) is 10.2. The van der Waals surface area contributed by atoms with E-state index < -0.39 is 0 Å². The Balaban J connectivity index is 1.82. The molecule has 0 bridgehead atoms. The Morgan fingerprint density at radius 3 is 2.75 bits per heavy atom. The van der Waals surface area contributed by atoms with Crippen molar-refractivity contribution >= 4 is 40.2 Å². The number of pyridine rings is 1. The van der Waals surface area contributed by atoms with E-state index in [4.69, 9.17) is 28.6 Å². The number of methoxy groups -OCH3 is 1. The number of likely N-dealkylation sites (N-methyl/N-ethyl adjacent to an activating group) is 1. The summed E-state index contributed by atoms with van der Waals surface area (Å²) >= 11 is 12.7. The highest BCUT2D eigenvalue weighted by atomic mass is 35.5. The molecule has 2 atom stereocenters. The third-order valence-corrected chi connectivity index (χ3v) is 7.28. The van der Waals surface area contributed by atoms with Crippen LogP contribution in [0.25, 0.3) is 5.57 Å². The fourth-order valence-electron chi connectivity index (χ4n) is 4.78. The van der Waals surface area contributed by atoms with E-state index in [1.54, 1.807) is 7.11 Å². The van der Waals surface area contributed by atoms with Crippen LogP contribution in [0.1, 0.15) is 56.1 Å². The SMILES string of the molecule is COCCCN1C(=S)N[C@@H](c2ccccn2)[C@@H]1c1cc2c(cc1Cl)N(C)C(C)(C)C=C2C. The highest BCUT2D eigenvalue weighted by Crippen LogP contribution is 2.46. The van der Waals surface area contributed by atoms with Gasteiger partial charge < -0.3 is 19.9 Å². The van der Waals surface area contributed by atoms with Crippen LogP contribution in [0.4, 0.5) is 5.69 Å². The molecule has 0 unspecified atom stereocenters. The fourth-order valence-corrected chi connectivity index (χ4v) is 5.38. The molecular formula is C25H31ClN4OS. The molecule has 3 heterocycles. The molecule has 170 valence electrons. The molecule has 5 nitrogen and oxygen atoms in total. The van der Waals surface area contributed by atoms with Crippen LogP contribution in [0.15, 0.2) is 42.6 Å². The Kier molecular flexibility index (Phi) is 6.48. The second-order valence-electron chi connectivity index (χ2n) is 9.10. The minimum Gasteiger partial charge on any atom is -0.385 e. The van der Waals surface area contributed by atoms with Gasteiger partial charge in [-0.2, -0.15) is 0 Å². The molecule has 2 aromatic rings. The van der Waals surface area contributed by atoms with Crippen molar-refractivity contribution in [3.05, 3.63) is 64.4 Å². The maximum atomic E-state index is 6.99. The molecule has 0 aliphatic carbocycles. The lowest BCUT2D eigenvalue weighted by Gasteiger charge is -2.41. The van der Waals surface area contributed by atoms with Gasteiger partial charge in [0, 0.05) is 49.8 Å². The van der Waals surface area contributed by atoms with Gasteiger partial charge >= 0.3 is 0 Å². The van der Waals surface area contributed by atoms with Crippen molar-refractivity contribution in [2.75, 3.05) is 32.2 Å². The van der Waals surface area contributed by atoms with E-state index in [-0.39, 0.29) is 17.6 Å². The van der Waals surface area contributed by atoms with Gasteiger partial charge in [0.05, 0.1) is 23.3 Å². The summed E-state index contributed by atoms with van der Waals surface area (Å²) in [4.78, 5) is 9.15. The highest BCUT2D eigenvalue weighted by Gasteiger charge is 2.41. The number of hydrogen-bond donors (Lipinski definition) is 1. The first kappa shape index (κ1) is 23.0. The zero-order valence-electron chi connectivity index (χ0n) is 19.4. The normalized spacial score (nSPS) is 21.9. The molecule has 0 spiro atoms. The summed E-state index contributed by atoms with van der Waals surface area (Å²) < 4.78 is 5.29. The predicted octanol–water partition coefficient (Wildman–Crippen LogP) is 5.38. The molecule has 0 amide bonds. The molecule has 1 N–H and O–H groups in total. The topological polar surface area (TPSA) is 40.6 Å². The van der Waals surface area contributed by atoms with Crippen molar-refractivity contribution in [3.8, 4) is 0 Å². The number of anilines is 1. The van der Waals surface area contributed by atoms with Crippen LogP contribution in [-0.4, -0.2) is 47.8 Å². The zero-order valence-corrected chi connectivity index (χ0v) is 20.9. The smallest absolute Gasteiger partial charge is 0.170 e. The van der Waals surface area contributed by atoms with Gasteiger partial charge in [-0.1, -0.05) is 23.7 Å². The lowest BCUT2D eigenvalue weighted by molar-refractivity contribution is 0.180. The average molecular weight is 471 g/mol. The largest absolute Gasteiger partial charge is 0.385 e. The van der Waals surface area contributed by atoms with Crippen LogP contribution < -0.4 is 10.2 Å². The molecule has 1 aromatic carbocycles. The van der Waals surface area contributed by atoms with E-state index in [0.29, 0.717) is 6.61 Å². The number of fused-ring (bicyclic) bond motifs is 1. The number of hydrogen-bond acceptors (Lipinski definition) is 4. The molecular weight excluding hydrogens is 440 g/mol. The summed E-state index contributed by atoms with van der Waals surface area (Å²) in [5, 5.41) is 4.98. The predicted molar refractivity (Wildman–Crippen MR) is 136 cm³/mol. The van der Waals surface area contributed by atoms with Gasteiger partial charge in [0.2, 0.25) is 0 Å². The lowest BCUT2D eigenvalue weighted by Crippen LogP contribution is -2.42. The van der Waals surface area contributed by atoms with Crippen LogP contribution in [0.3, 0.4) is 0 Å². The Hall–Kier alpha value is -2.15. The maximum Gasteiger partial charge on any atom is 0.170 e. The standard InChI is InChI=1S/C25H31ClN4OS/c1-16-15-25(2,3)29(4)21-14-19(26)18(13-17(16)21)23-22(20-9-6-7-10-27-20)28-24(32)30(23)11-8-12-31-5/h6-7,9-10,13-15,22-23H,8,11-12H2,1-5H3,(H,28,32)/t22-,23-/m0/s1. The molecule has 1 aromatic heterocycles. The number of thiocarbonyl (C=S) groups is 1. The molecule has 7 heteroatoms. The second-order valence-corrected chi connectivity index (χ2v) is 9.89. The Morgan fingerprint density at radius 1 is 1.28 bits per heavy atom. The zero-order chi connectivity index (χ0) is 23.0. The monoisotopic (exact) mass is 470 g/mol. The number of nitrogens with zero attached hydrogens (tertiary/aromatic N) is 3. The molecule has 1 saturated heterocycles. The molecule has 1 fully saturated rings. The van der Waals surface area contributed by atoms with Crippen LogP contribution in [0.5, 0.6) is 0 Å². The van der Waals surface area contributed by atoms with Gasteiger partial charge in [-0.05, 0) is 74.8 Å². The number of allylic oxidation sites excluding steroid dienone is 1. The molecule has 32 heavy (non-hydrogen) atoms. The van der Waals surface area contributed by atoms with Crippen molar-refractivity contribution in [2.45, 2.75) is 44.8 Å². The van der Waals surface area contributed by atoms with Crippen molar-refractivity contribution in [1.29, 1.82) is 0 Å². The van der Waals surface area contributed by atoms with E-state index in [2.05, 4.69) is 66.1 Å². The third kappa shape index (κ3) is 4.12. The van der Waals surface area contributed by atoms with Crippen LogP contribution in [0.2, 0.25) is 5.02 Å². The van der Waals surface area contributed by atoms with E-state index in [1.807, 2.05) is 24.4 Å². The minimum atomic E-state index is -0.0798. The summed E-state index contributed by atoms with van der Waals surface area (Å²) in [6.07, 6.45) is 5.02. The molecule has 0 radical (unpaired) electrons. The Bertz CT molecular complexity index is 1040. The van der Waals surface area contributed by atoms with Gasteiger partial charge in [-0.15, -0.1) is 0 Å². The van der Waals surface area contributed by atoms with Gasteiger partial charge in [0.15, 0.2) is 5.11 Å². The first-order valence-electron chi connectivity index (χ1n) is 11.0. The molecule has 0 saturated carbocycles. The van der Waals surface area contributed by atoms with E-state index in [9.17, 15) is 0 Å². The molecule has 4 rings (SSSR count). The van der Waals surface area contributed by atoms with E-state index in [1.165, 1.54) is 11.1 Å². The van der Waals surface area contributed by atoms with Crippen molar-refractivity contribution in [3.63, 3.8) is 0 Å². The second kappa shape index (κ2) is 9.00. The van der Waals surface area contributed by atoms with Crippen molar-refractivity contribution < 1.29 is 4.74 Å². The van der Waals surface area contributed by atoms with Crippen LogP contribution in [0, 0.1) is 0 Å². The number of aromatic nitrogens is 1. The fraction of sp³-hybridized carbons (Fsp3) is 0.440. The van der Waals surface area contributed by atoms with Gasteiger partial charge in [-0.25, -0.2) is 0 Å². The van der Waals surface area contributed by atoms with Gasteiger partial charge in [-0.3, -0.25) is 4.98 Å². The van der Waals surface area contributed by atoms with Crippen LogP contribution in [-0.2, 0) is 4.74 Å². The number of benzene rings is 1. The van der Waals surface area contributed by atoms with Crippen molar-refractivity contribution in [2.24, 2.45) is 0 Å². The number of ether oxygens (including phenoxy) is 1. The first-order chi connectivity index (χ1) is 15.2. The summed E-state index contributed by atoms with van der Waals surface area (Å²) in [5.41, 5.74) is 5.56. The van der Waals surface area contributed by atoms with E-state index in [0.717, 1.165) is 40.0 Å². The minimum absolute atomic E-state index is 0.0555. The van der Waals surface area contributed by atoms with Gasteiger partial charge in [0.1, 0.15) is 0 Å². The Labute approximate surface area is 201 Å². The summed E-state index contributed by atoms with van der Waals surface area (Å²) in [5.74, 6) is 0. The third-order valence-electron chi connectivity index (χ3n) is 6.60. The molecule has 2 aliphatic heterocycles. The first-order valence-corrected chi connectivity index (χ1v) is 11.8. The molecule has 2 aliphatic rings. The average Bonchev–Trinajstić information content (AvgIpc) is 3.08. The van der Waals surface area contributed by atoms with Crippen LogP contribution >= 0.6 is 23.8 Å². The maximum absolute atomic E-state index is 6.99. The number of nitrogens with one attached hydrogen (secondary N) is 1.